The lowest BCUT2D eigenvalue weighted by Gasteiger charge is -2.27. The molecule has 10 rings (SSSR count). The fraction of sp³-hybridized carbons (Fsp3) is 0.246. The predicted octanol–water partition coefficient (Wildman–Crippen LogP) is 13.4. The molecule has 0 fully saturated rings. The highest BCUT2D eigenvalue weighted by atomic mass is 35.5. The third-order valence-electron chi connectivity index (χ3n) is 14.2. The summed E-state index contributed by atoms with van der Waals surface area (Å²) < 4.78 is 45.8. The lowest BCUT2D eigenvalue weighted by Crippen LogP contribution is -2.19. The summed E-state index contributed by atoms with van der Waals surface area (Å²) in [5.41, 5.74) is 14.9. The van der Waals surface area contributed by atoms with E-state index in [-0.39, 0.29) is 21.8 Å². The summed E-state index contributed by atoms with van der Waals surface area (Å²) in [6, 6.07) is 45.0. The normalized spacial score (nSPS) is 14.6. The van der Waals surface area contributed by atoms with Gasteiger partial charge in [0.2, 0.25) is 11.9 Å². The van der Waals surface area contributed by atoms with Gasteiger partial charge in [-0.2, -0.15) is 0 Å². The van der Waals surface area contributed by atoms with Gasteiger partial charge in [0.05, 0.1) is 21.3 Å². The second-order valence-corrected chi connectivity index (χ2v) is 22.7. The van der Waals surface area contributed by atoms with E-state index < -0.39 is 15.8 Å². The van der Waals surface area contributed by atoms with Crippen molar-refractivity contribution in [2.45, 2.75) is 55.3 Å². The molecule has 4 N–H and O–H groups in total. The van der Waals surface area contributed by atoms with E-state index in [2.05, 4.69) is 147 Å². The predicted molar refractivity (Wildman–Crippen MR) is 315 cm³/mol. The van der Waals surface area contributed by atoms with Gasteiger partial charge in [-0.1, -0.05) is 96.5 Å². The van der Waals surface area contributed by atoms with Gasteiger partial charge in [-0.05, 0) is 176 Å². The molecule has 0 bridgehead atoms. The molecule has 6 aromatic carbocycles. The van der Waals surface area contributed by atoms with Crippen LogP contribution in [0.4, 0.5) is 33.3 Å². The molecule has 2 heterocycles. The standard InChI is InChI=1S/C61H62ClFN10O2S2/c1-72(2)32-10-8-30-64-60-66-39-44-36-54(50-15-4-6-17-52(50)58(44)68-60)42-19-23-46(24-20-42)70-76-34-29-41-13-12-14-48(35-41)73(3)33-11-9-31-65-61-67-40-45-37-55(51-16-5-7-18-53(51)59(45)69-61)43-21-25-47(26-22-43)71-77(74,75)49-27-28-57(63)56(62)38-49/h4-7,12-29,34-35,38-40,54-55,70-71H,8-11,30-33,36-37H2,1-3H3,(H,64,66,68)(H,65,67,69)/b34-29+. The number of hydrogen-bond donors (Lipinski definition) is 4. The van der Waals surface area contributed by atoms with Crippen LogP contribution >= 0.6 is 23.5 Å². The number of unbranched alkanes of at least 4 members (excludes halogenated alkanes) is 2. The van der Waals surface area contributed by atoms with E-state index in [4.69, 9.17) is 31.5 Å². The van der Waals surface area contributed by atoms with Crippen LogP contribution in [-0.2, 0) is 22.9 Å². The minimum atomic E-state index is -3.97. The van der Waals surface area contributed by atoms with Crippen molar-refractivity contribution in [1.29, 1.82) is 0 Å². The molecule has 0 spiro atoms. The number of hydrogen-bond acceptors (Lipinski definition) is 12. The summed E-state index contributed by atoms with van der Waals surface area (Å²) in [5, 5.41) is 8.74. The fourth-order valence-electron chi connectivity index (χ4n) is 10.1. The Hall–Kier alpha value is -7.30. The van der Waals surface area contributed by atoms with Gasteiger partial charge in [0.15, 0.2) is 0 Å². The van der Waals surface area contributed by atoms with Gasteiger partial charge in [-0.15, -0.1) is 0 Å². The van der Waals surface area contributed by atoms with E-state index in [9.17, 15) is 12.8 Å². The smallest absolute Gasteiger partial charge is 0.261 e. The summed E-state index contributed by atoms with van der Waals surface area (Å²) in [4.78, 5) is 23.8. The second-order valence-electron chi connectivity index (χ2n) is 19.9. The maximum absolute atomic E-state index is 13.7. The van der Waals surface area contributed by atoms with Crippen LogP contribution in [0.25, 0.3) is 28.6 Å². The minimum absolute atomic E-state index is 0.0245. The third kappa shape index (κ3) is 12.9. The number of sulfonamides is 1. The highest BCUT2D eigenvalue weighted by Crippen LogP contribution is 2.44. The number of halogens is 2. The first-order valence-electron chi connectivity index (χ1n) is 26.1. The van der Waals surface area contributed by atoms with Crippen molar-refractivity contribution in [2.24, 2.45) is 0 Å². The van der Waals surface area contributed by atoms with Crippen molar-refractivity contribution >= 4 is 68.6 Å². The van der Waals surface area contributed by atoms with Crippen LogP contribution in [0.1, 0.15) is 76.5 Å². The molecule has 2 aromatic heterocycles. The Kier molecular flexibility index (Phi) is 16.8. The molecular weight excluding hydrogens is 1020 g/mol. The third-order valence-corrected chi connectivity index (χ3v) is 16.5. The van der Waals surface area contributed by atoms with E-state index in [1.165, 1.54) is 34.0 Å². The monoisotopic (exact) mass is 1080 g/mol. The molecule has 2 unspecified atom stereocenters. The number of fused-ring (bicyclic) bond motifs is 6. The van der Waals surface area contributed by atoms with Crippen LogP contribution in [0.5, 0.6) is 0 Å². The second kappa shape index (κ2) is 24.4. The van der Waals surface area contributed by atoms with Crippen molar-refractivity contribution in [3.63, 3.8) is 0 Å². The molecule has 0 radical (unpaired) electrons. The number of anilines is 5. The number of nitrogens with one attached hydrogen (secondary N) is 4. The topological polar surface area (TPSA) is 140 Å². The Morgan fingerprint density at radius 2 is 1.23 bits per heavy atom. The van der Waals surface area contributed by atoms with Crippen LogP contribution < -0.4 is 25.0 Å². The molecule has 394 valence electrons. The van der Waals surface area contributed by atoms with Gasteiger partial charge in [-0.25, -0.2) is 32.7 Å². The molecular formula is C61H62ClFN10O2S2. The summed E-state index contributed by atoms with van der Waals surface area (Å²) in [5.74, 6) is 0.867. The summed E-state index contributed by atoms with van der Waals surface area (Å²) in [7, 11) is 2.38. The van der Waals surface area contributed by atoms with Gasteiger partial charge < -0.3 is 25.2 Å². The molecule has 8 aromatic rings. The number of aromatic nitrogens is 4. The lowest BCUT2D eigenvalue weighted by molar-refractivity contribution is 0.396. The van der Waals surface area contributed by atoms with Crippen LogP contribution in [0.2, 0.25) is 5.02 Å². The van der Waals surface area contributed by atoms with E-state index in [1.54, 1.807) is 24.1 Å². The van der Waals surface area contributed by atoms with Crippen LogP contribution in [-0.4, -0.2) is 80.6 Å². The maximum Gasteiger partial charge on any atom is 0.261 e. The van der Waals surface area contributed by atoms with Crippen molar-refractivity contribution in [1.82, 2.24) is 24.8 Å². The molecule has 0 saturated heterocycles. The Labute approximate surface area is 460 Å². The van der Waals surface area contributed by atoms with Gasteiger partial charge in [-0.3, -0.25) is 4.72 Å². The first-order chi connectivity index (χ1) is 37.5. The zero-order valence-corrected chi connectivity index (χ0v) is 45.8. The van der Waals surface area contributed by atoms with Crippen LogP contribution in [0.3, 0.4) is 0 Å². The SMILES string of the molecule is CN(C)CCCCNc1ncc2c(n1)-c1ccccc1C(c1ccc(NS/C=C/c3cccc(N(C)CCCCNc4ncc5c(n4)-c4ccccc4C(c4ccc(NS(=O)(=O)c6ccc(F)c(Cl)c6)cc4)C5)c3)cc1)C2. The molecule has 12 nitrogen and oxygen atoms in total. The number of benzene rings is 6. The Morgan fingerprint density at radius 1 is 0.662 bits per heavy atom. The van der Waals surface area contributed by atoms with Crippen molar-refractivity contribution < 1.29 is 12.8 Å². The minimum Gasteiger partial charge on any atom is -0.375 e. The largest absolute Gasteiger partial charge is 0.375 e. The Balaban J connectivity index is 0.672. The quantitative estimate of drug-likeness (QED) is 0.0379. The Bertz CT molecular complexity index is 3490. The van der Waals surface area contributed by atoms with Crippen molar-refractivity contribution in [3.8, 4) is 22.5 Å². The van der Waals surface area contributed by atoms with Crippen LogP contribution in [0, 0.1) is 5.82 Å². The maximum atomic E-state index is 13.7. The molecule has 2 aliphatic carbocycles. The molecule has 0 saturated carbocycles. The first-order valence-corrected chi connectivity index (χ1v) is 28.8. The van der Waals surface area contributed by atoms with E-state index >= 15 is 0 Å². The average Bonchev–Trinajstić information content (AvgIpc) is 3.45. The van der Waals surface area contributed by atoms with Crippen LogP contribution in [0.15, 0.2) is 162 Å². The molecule has 16 heteroatoms. The zero-order valence-electron chi connectivity index (χ0n) is 43.4. The van der Waals surface area contributed by atoms with E-state index in [1.807, 2.05) is 36.7 Å². The van der Waals surface area contributed by atoms with Crippen molar-refractivity contribution in [3.05, 3.63) is 207 Å². The Morgan fingerprint density at radius 3 is 1.82 bits per heavy atom. The fourth-order valence-corrected chi connectivity index (χ4v) is 12.0. The molecule has 2 aliphatic rings. The first kappa shape index (κ1) is 53.1. The van der Waals surface area contributed by atoms with Gasteiger partial charge in [0, 0.05) is 79.1 Å². The molecule has 77 heavy (non-hydrogen) atoms. The number of rotatable bonds is 22. The van der Waals surface area contributed by atoms with E-state index in [0.717, 1.165) is 115 Å². The summed E-state index contributed by atoms with van der Waals surface area (Å²) in [6.07, 6.45) is 11.8. The average molecular weight is 1090 g/mol. The van der Waals surface area contributed by atoms with Crippen molar-refractivity contribution in [2.75, 3.05) is 72.3 Å². The summed E-state index contributed by atoms with van der Waals surface area (Å²) in [6.45, 7) is 3.58. The molecule has 0 amide bonds. The highest BCUT2D eigenvalue weighted by Gasteiger charge is 2.29. The van der Waals surface area contributed by atoms with Gasteiger partial charge in [0.1, 0.15) is 5.82 Å². The highest BCUT2D eigenvalue weighted by molar-refractivity contribution is 8.03. The van der Waals surface area contributed by atoms with E-state index in [0.29, 0.717) is 24.0 Å². The summed E-state index contributed by atoms with van der Waals surface area (Å²) >= 11 is 7.41. The zero-order chi connectivity index (χ0) is 53.3. The van der Waals surface area contributed by atoms with Gasteiger partial charge >= 0.3 is 0 Å². The lowest BCUT2D eigenvalue weighted by atomic mass is 9.78. The van der Waals surface area contributed by atoms with Gasteiger partial charge in [0.25, 0.3) is 10.0 Å². The number of nitrogens with zero attached hydrogens (tertiary/aromatic N) is 6. The molecule has 2 atom stereocenters. The molecule has 0 aliphatic heterocycles.